The van der Waals surface area contributed by atoms with Gasteiger partial charge in [-0.3, -0.25) is 9.59 Å². The summed E-state index contributed by atoms with van der Waals surface area (Å²) in [6.07, 6.45) is 1.18. The van der Waals surface area contributed by atoms with Crippen LogP contribution in [0.3, 0.4) is 0 Å². The standard InChI is InChI=1S/C19H18ClNO6S/c1-25-18(23)10-7-8-13-15(10)16(19(24)26-2)17(28-13)21-14(22)9-27-12-6-4-3-5-11(12)20/h3-6,10H,7-9H2,1-2H3,(H,21,22)/t10-/m1/s1. The van der Waals surface area contributed by atoms with Gasteiger partial charge in [0.1, 0.15) is 10.8 Å². The van der Waals surface area contributed by atoms with Crippen LogP contribution in [0.25, 0.3) is 0 Å². The zero-order valence-electron chi connectivity index (χ0n) is 15.2. The highest BCUT2D eigenvalue weighted by atomic mass is 35.5. The maximum absolute atomic E-state index is 12.3. The molecular formula is C19H18ClNO6S. The number of carbonyl (C=O) groups is 3. The molecule has 1 heterocycles. The fraction of sp³-hybridized carbons (Fsp3) is 0.316. The van der Waals surface area contributed by atoms with Gasteiger partial charge in [0.25, 0.3) is 5.91 Å². The summed E-state index contributed by atoms with van der Waals surface area (Å²) in [6.45, 7) is -0.284. The number of ether oxygens (including phenoxy) is 3. The molecule has 9 heteroatoms. The first-order valence-electron chi connectivity index (χ1n) is 8.45. The zero-order valence-corrected chi connectivity index (χ0v) is 16.8. The molecule has 0 fully saturated rings. The highest BCUT2D eigenvalue weighted by molar-refractivity contribution is 7.17. The van der Waals surface area contributed by atoms with Gasteiger partial charge in [0.15, 0.2) is 6.61 Å². The summed E-state index contributed by atoms with van der Waals surface area (Å²) in [4.78, 5) is 37.6. The van der Waals surface area contributed by atoms with Crippen LogP contribution in [0.5, 0.6) is 5.75 Å². The number of benzene rings is 1. The molecule has 148 valence electrons. The average Bonchev–Trinajstić information content (AvgIpc) is 3.24. The number of hydrogen-bond donors (Lipinski definition) is 1. The molecule has 2 aromatic rings. The third-order valence-corrected chi connectivity index (χ3v) is 5.85. The van der Waals surface area contributed by atoms with E-state index in [9.17, 15) is 14.4 Å². The SMILES string of the molecule is COC(=O)c1c(NC(=O)COc2ccccc2Cl)sc2c1[C@H](C(=O)OC)CC2. The molecule has 0 radical (unpaired) electrons. The lowest BCUT2D eigenvalue weighted by atomic mass is 9.99. The van der Waals surface area contributed by atoms with Crippen molar-refractivity contribution in [3.05, 3.63) is 45.3 Å². The van der Waals surface area contributed by atoms with Crippen LogP contribution in [0, 0.1) is 0 Å². The van der Waals surface area contributed by atoms with Gasteiger partial charge in [-0.2, -0.15) is 0 Å². The van der Waals surface area contributed by atoms with Gasteiger partial charge in [0.05, 0.1) is 30.7 Å². The van der Waals surface area contributed by atoms with E-state index in [-0.39, 0.29) is 12.2 Å². The number of nitrogens with one attached hydrogen (secondary N) is 1. The molecular weight excluding hydrogens is 406 g/mol. The lowest BCUT2D eigenvalue weighted by Crippen LogP contribution is -2.22. The number of aryl methyl sites for hydroxylation is 1. The Balaban J connectivity index is 1.80. The Morgan fingerprint density at radius 2 is 1.96 bits per heavy atom. The highest BCUT2D eigenvalue weighted by Crippen LogP contribution is 2.45. The number of halogens is 1. The Bertz CT molecular complexity index is 925. The molecule has 1 aliphatic rings. The number of esters is 2. The molecule has 1 aromatic heterocycles. The fourth-order valence-electron chi connectivity index (χ4n) is 3.10. The lowest BCUT2D eigenvalue weighted by Gasteiger charge is -2.12. The van der Waals surface area contributed by atoms with E-state index in [2.05, 4.69) is 5.32 Å². The molecule has 0 saturated carbocycles. The van der Waals surface area contributed by atoms with Gasteiger partial charge in [-0.15, -0.1) is 11.3 Å². The number of hydrogen-bond acceptors (Lipinski definition) is 7. The molecule has 1 aliphatic carbocycles. The molecule has 0 bridgehead atoms. The molecule has 1 aromatic carbocycles. The van der Waals surface area contributed by atoms with Crippen molar-refractivity contribution in [2.24, 2.45) is 0 Å². The van der Waals surface area contributed by atoms with Crippen LogP contribution in [0.2, 0.25) is 5.02 Å². The van der Waals surface area contributed by atoms with Crippen LogP contribution in [-0.2, 0) is 25.5 Å². The molecule has 0 saturated heterocycles. The van der Waals surface area contributed by atoms with Crippen LogP contribution >= 0.6 is 22.9 Å². The maximum atomic E-state index is 12.3. The molecule has 1 atom stereocenters. The number of fused-ring (bicyclic) bond motifs is 1. The molecule has 3 rings (SSSR count). The van der Waals surface area contributed by atoms with Crippen LogP contribution < -0.4 is 10.1 Å². The summed E-state index contributed by atoms with van der Waals surface area (Å²) in [5.41, 5.74) is 0.771. The van der Waals surface area contributed by atoms with E-state index in [1.807, 2.05) is 0 Å². The van der Waals surface area contributed by atoms with Crippen LogP contribution in [-0.4, -0.2) is 38.7 Å². The first kappa shape index (κ1) is 20.2. The number of anilines is 1. The molecule has 1 N–H and O–H groups in total. The van der Waals surface area contributed by atoms with E-state index >= 15 is 0 Å². The van der Waals surface area contributed by atoms with E-state index in [0.29, 0.717) is 34.2 Å². The van der Waals surface area contributed by atoms with Crippen molar-refractivity contribution >= 4 is 45.8 Å². The van der Waals surface area contributed by atoms with Gasteiger partial charge < -0.3 is 19.5 Å². The summed E-state index contributed by atoms with van der Waals surface area (Å²) in [7, 11) is 2.56. The number of carbonyl (C=O) groups excluding carboxylic acids is 3. The van der Waals surface area contributed by atoms with E-state index in [4.69, 9.17) is 25.8 Å². The van der Waals surface area contributed by atoms with E-state index in [0.717, 1.165) is 4.88 Å². The quantitative estimate of drug-likeness (QED) is 0.716. The lowest BCUT2D eigenvalue weighted by molar-refractivity contribution is -0.142. The van der Waals surface area contributed by atoms with Gasteiger partial charge in [-0.25, -0.2) is 4.79 Å². The van der Waals surface area contributed by atoms with Crippen molar-refractivity contribution in [3.8, 4) is 5.75 Å². The van der Waals surface area contributed by atoms with Crippen molar-refractivity contribution in [2.45, 2.75) is 18.8 Å². The summed E-state index contributed by atoms with van der Waals surface area (Å²) >= 11 is 7.26. The van der Waals surface area contributed by atoms with Crippen molar-refractivity contribution in [1.82, 2.24) is 0 Å². The summed E-state index contributed by atoms with van der Waals surface area (Å²) in [5, 5.41) is 3.40. The zero-order chi connectivity index (χ0) is 20.3. The summed E-state index contributed by atoms with van der Waals surface area (Å²) in [5.74, 6) is -1.65. The first-order chi connectivity index (χ1) is 13.5. The van der Waals surface area contributed by atoms with Gasteiger partial charge in [0.2, 0.25) is 0 Å². The van der Waals surface area contributed by atoms with Crippen molar-refractivity contribution < 1.29 is 28.6 Å². The monoisotopic (exact) mass is 423 g/mol. The third kappa shape index (κ3) is 3.98. The number of amides is 1. The van der Waals surface area contributed by atoms with Gasteiger partial charge in [0, 0.05) is 4.88 Å². The minimum atomic E-state index is -0.615. The highest BCUT2D eigenvalue weighted by Gasteiger charge is 2.38. The van der Waals surface area contributed by atoms with E-state index in [1.165, 1.54) is 25.6 Å². The van der Waals surface area contributed by atoms with Crippen molar-refractivity contribution in [2.75, 3.05) is 26.1 Å². The van der Waals surface area contributed by atoms with Crippen LogP contribution in [0.15, 0.2) is 24.3 Å². The minimum absolute atomic E-state index is 0.196. The van der Waals surface area contributed by atoms with Crippen LogP contribution in [0.4, 0.5) is 5.00 Å². The second-order valence-electron chi connectivity index (χ2n) is 6.02. The number of para-hydroxylation sites is 1. The topological polar surface area (TPSA) is 90.9 Å². The minimum Gasteiger partial charge on any atom is -0.482 e. The van der Waals surface area contributed by atoms with Gasteiger partial charge in [-0.05, 0) is 30.5 Å². The second-order valence-corrected chi connectivity index (χ2v) is 7.53. The van der Waals surface area contributed by atoms with Crippen molar-refractivity contribution in [3.63, 3.8) is 0 Å². The number of thiophene rings is 1. The molecule has 28 heavy (non-hydrogen) atoms. The number of rotatable bonds is 6. The smallest absolute Gasteiger partial charge is 0.341 e. The number of methoxy groups -OCH3 is 2. The Kier molecular flexibility index (Phi) is 6.21. The predicted octanol–water partition coefficient (Wildman–Crippen LogP) is 3.41. The first-order valence-corrected chi connectivity index (χ1v) is 9.64. The Morgan fingerprint density at radius 1 is 1.21 bits per heavy atom. The normalized spacial score (nSPS) is 14.9. The Labute approximate surface area is 170 Å². The largest absolute Gasteiger partial charge is 0.482 e. The molecule has 0 unspecified atom stereocenters. The summed E-state index contributed by atoms with van der Waals surface area (Å²) < 4.78 is 15.1. The van der Waals surface area contributed by atoms with E-state index < -0.39 is 23.8 Å². The average molecular weight is 424 g/mol. The maximum Gasteiger partial charge on any atom is 0.341 e. The molecule has 0 aliphatic heterocycles. The van der Waals surface area contributed by atoms with Crippen molar-refractivity contribution in [1.29, 1.82) is 0 Å². The Morgan fingerprint density at radius 3 is 2.64 bits per heavy atom. The molecule has 1 amide bonds. The molecule has 7 nitrogen and oxygen atoms in total. The van der Waals surface area contributed by atoms with Gasteiger partial charge >= 0.3 is 11.9 Å². The Hall–Kier alpha value is -2.58. The fourth-order valence-corrected chi connectivity index (χ4v) is 4.57. The predicted molar refractivity (Wildman–Crippen MR) is 104 cm³/mol. The summed E-state index contributed by atoms with van der Waals surface area (Å²) in [6, 6.07) is 6.80. The second kappa shape index (κ2) is 8.62. The third-order valence-electron chi connectivity index (χ3n) is 4.35. The van der Waals surface area contributed by atoms with Gasteiger partial charge in [-0.1, -0.05) is 23.7 Å². The van der Waals surface area contributed by atoms with E-state index in [1.54, 1.807) is 24.3 Å². The molecule has 0 spiro atoms. The van der Waals surface area contributed by atoms with Crippen LogP contribution in [0.1, 0.15) is 33.1 Å².